The maximum absolute atomic E-state index is 11.3. The lowest BCUT2D eigenvalue weighted by Crippen LogP contribution is -2.13. The number of H-pyrrole nitrogens is 1. The van der Waals surface area contributed by atoms with Gasteiger partial charge in [-0.2, -0.15) is 0 Å². The van der Waals surface area contributed by atoms with Crippen molar-refractivity contribution in [2.75, 3.05) is 0 Å². The molecule has 0 aliphatic heterocycles. The molecule has 0 amide bonds. The van der Waals surface area contributed by atoms with Gasteiger partial charge >= 0.3 is 5.69 Å². The van der Waals surface area contributed by atoms with E-state index in [1.807, 2.05) is 6.07 Å². The standard InChI is InChI=1S/C10H10N2O2/c13-7-8-2-1-3-9(6-8)12-5-4-11-10(12)14/h1-6,13H,7H2,(H,11,14). The van der Waals surface area contributed by atoms with E-state index in [1.165, 1.54) is 4.57 Å². The van der Waals surface area contributed by atoms with Crippen molar-refractivity contribution >= 4 is 0 Å². The fraction of sp³-hybridized carbons (Fsp3) is 0.100. The number of hydrogen-bond donors (Lipinski definition) is 2. The molecule has 4 nitrogen and oxygen atoms in total. The van der Waals surface area contributed by atoms with Gasteiger partial charge in [0.05, 0.1) is 12.3 Å². The molecule has 2 aromatic rings. The Morgan fingerprint density at radius 2 is 2.29 bits per heavy atom. The Bertz CT molecular complexity index is 485. The van der Waals surface area contributed by atoms with Gasteiger partial charge in [0.1, 0.15) is 0 Å². The molecule has 2 rings (SSSR count). The van der Waals surface area contributed by atoms with E-state index >= 15 is 0 Å². The first kappa shape index (κ1) is 8.77. The Labute approximate surface area is 80.4 Å². The van der Waals surface area contributed by atoms with Gasteiger partial charge in [-0.1, -0.05) is 12.1 Å². The molecule has 0 atom stereocenters. The van der Waals surface area contributed by atoms with Crippen molar-refractivity contribution in [2.45, 2.75) is 6.61 Å². The maximum Gasteiger partial charge on any atom is 0.330 e. The summed E-state index contributed by atoms with van der Waals surface area (Å²) >= 11 is 0. The number of aliphatic hydroxyl groups is 1. The molecule has 14 heavy (non-hydrogen) atoms. The van der Waals surface area contributed by atoms with Gasteiger partial charge in [-0.15, -0.1) is 0 Å². The van der Waals surface area contributed by atoms with Crippen LogP contribution < -0.4 is 5.69 Å². The van der Waals surface area contributed by atoms with Gasteiger partial charge in [-0.25, -0.2) is 4.79 Å². The van der Waals surface area contributed by atoms with Crippen LogP contribution in [0.4, 0.5) is 0 Å². The third-order valence-electron chi connectivity index (χ3n) is 2.02. The Kier molecular flexibility index (Phi) is 2.20. The van der Waals surface area contributed by atoms with Crippen LogP contribution in [-0.4, -0.2) is 14.7 Å². The lowest BCUT2D eigenvalue weighted by atomic mass is 10.2. The van der Waals surface area contributed by atoms with Gasteiger partial charge in [-0.3, -0.25) is 4.57 Å². The molecule has 72 valence electrons. The first-order valence-electron chi connectivity index (χ1n) is 4.27. The van der Waals surface area contributed by atoms with E-state index < -0.39 is 0 Å². The zero-order valence-corrected chi connectivity index (χ0v) is 7.47. The molecule has 0 saturated heterocycles. The van der Waals surface area contributed by atoms with Crippen molar-refractivity contribution in [1.29, 1.82) is 0 Å². The molecule has 0 aliphatic carbocycles. The number of aromatic amines is 1. The fourth-order valence-corrected chi connectivity index (χ4v) is 1.33. The second kappa shape index (κ2) is 3.51. The highest BCUT2D eigenvalue weighted by Crippen LogP contribution is 2.08. The Morgan fingerprint density at radius 1 is 1.43 bits per heavy atom. The average Bonchev–Trinajstić information content (AvgIpc) is 2.65. The number of nitrogens with zero attached hydrogens (tertiary/aromatic N) is 1. The van der Waals surface area contributed by atoms with E-state index in [1.54, 1.807) is 30.6 Å². The fourth-order valence-electron chi connectivity index (χ4n) is 1.33. The quantitative estimate of drug-likeness (QED) is 0.730. The lowest BCUT2D eigenvalue weighted by Gasteiger charge is -2.02. The molecule has 0 radical (unpaired) electrons. The minimum Gasteiger partial charge on any atom is -0.392 e. The molecule has 2 N–H and O–H groups in total. The van der Waals surface area contributed by atoms with Crippen molar-refractivity contribution < 1.29 is 5.11 Å². The zero-order valence-electron chi connectivity index (χ0n) is 7.47. The molecule has 0 bridgehead atoms. The smallest absolute Gasteiger partial charge is 0.330 e. The molecule has 0 saturated carbocycles. The van der Waals surface area contributed by atoms with Crippen molar-refractivity contribution in [3.05, 3.63) is 52.7 Å². The predicted octanol–water partition coefficient (Wildman–Crippen LogP) is 0.658. The summed E-state index contributed by atoms with van der Waals surface area (Å²) < 4.78 is 1.49. The van der Waals surface area contributed by atoms with Crippen LogP contribution in [0.15, 0.2) is 41.5 Å². The van der Waals surface area contributed by atoms with Crippen LogP contribution in [-0.2, 0) is 6.61 Å². The van der Waals surface area contributed by atoms with E-state index in [4.69, 9.17) is 5.11 Å². The second-order valence-corrected chi connectivity index (χ2v) is 2.96. The number of imidazole rings is 1. The van der Waals surface area contributed by atoms with Gasteiger partial charge < -0.3 is 10.1 Å². The second-order valence-electron chi connectivity index (χ2n) is 2.96. The summed E-state index contributed by atoms with van der Waals surface area (Å²) in [6, 6.07) is 7.20. The van der Waals surface area contributed by atoms with Crippen LogP contribution in [0, 0.1) is 0 Å². The van der Waals surface area contributed by atoms with Crippen molar-refractivity contribution in [1.82, 2.24) is 9.55 Å². The molecule has 0 spiro atoms. The summed E-state index contributed by atoms with van der Waals surface area (Å²) in [6.07, 6.45) is 3.23. The topological polar surface area (TPSA) is 58.0 Å². The zero-order chi connectivity index (χ0) is 9.97. The van der Waals surface area contributed by atoms with Gasteiger partial charge in [0.15, 0.2) is 0 Å². The number of hydrogen-bond acceptors (Lipinski definition) is 2. The maximum atomic E-state index is 11.3. The minimum absolute atomic E-state index is 0.0208. The van der Waals surface area contributed by atoms with E-state index in [-0.39, 0.29) is 12.3 Å². The summed E-state index contributed by atoms with van der Waals surface area (Å²) in [5.41, 5.74) is 1.36. The van der Waals surface area contributed by atoms with Crippen molar-refractivity contribution in [3.8, 4) is 5.69 Å². The Balaban J connectivity index is 2.52. The molecule has 1 aromatic carbocycles. The lowest BCUT2D eigenvalue weighted by molar-refractivity contribution is 0.282. The van der Waals surface area contributed by atoms with E-state index in [0.717, 1.165) is 11.3 Å². The first-order chi connectivity index (χ1) is 6.81. The Morgan fingerprint density at radius 3 is 2.93 bits per heavy atom. The summed E-state index contributed by atoms with van der Waals surface area (Å²) in [6.45, 7) is -0.0208. The number of rotatable bonds is 2. The highest BCUT2D eigenvalue weighted by Gasteiger charge is 1.99. The van der Waals surface area contributed by atoms with Gasteiger partial charge in [0.2, 0.25) is 0 Å². The first-order valence-corrected chi connectivity index (χ1v) is 4.27. The van der Waals surface area contributed by atoms with Gasteiger partial charge in [-0.05, 0) is 17.7 Å². The third kappa shape index (κ3) is 1.47. The van der Waals surface area contributed by atoms with Gasteiger partial charge in [0, 0.05) is 12.4 Å². The number of aliphatic hydroxyl groups excluding tert-OH is 1. The van der Waals surface area contributed by atoms with Crippen LogP contribution in [0.1, 0.15) is 5.56 Å². The number of aromatic nitrogens is 2. The molecular formula is C10H10N2O2. The highest BCUT2D eigenvalue weighted by atomic mass is 16.3. The van der Waals surface area contributed by atoms with Crippen LogP contribution in [0.25, 0.3) is 5.69 Å². The summed E-state index contributed by atoms with van der Waals surface area (Å²) in [5, 5.41) is 8.93. The molecular weight excluding hydrogens is 180 g/mol. The molecule has 0 aliphatic rings. The molecule has 0 unspecified atom stereocenters. The predicted molar refractivity (Wildman–Crippen MR) is 52.3 cm³/mol. The van der Waals surface area contributed by atoms with Crippen molar-refractivity contribution in [2.24, 2.45) is 0 Å². The largest absolute Gasteiger partial charge is 0.392 e. The average molecular weight is 190 g/mol. The summed E-state index contributed by atoms with van der Waals surface area (Å²) in [4.78, 5) is 13.8. The molecule has 4 heteroatoms. The highest BCUT2D eigenvalue weighted by molar-refractivity contribution is 5.35. The molecule has 1 heterocycles. The van der Waals surface area contributed by atoms with Gasteiger partial charge in [0.25, 0.3) is 0 Å². The number of benzene rings is 1. The van der Waals surface area contributed by atoms with Crippen LogP contribution in [0.3, 0.4) is 0 Å². The van der Waals surface area contributed by atoms with Crippen molar-refractivity contribution in [3.63, 3.8) is 0 Å². The summed E-state index contributed by atoms with van der Waals surface area (Å²) in [7, 11) is 0. The Hall–Kier alpha value is -1.81. The monoisotopic (exact) mass is 190 g/mol. The molecule has 1 aromatic heterocycles. The van der Waals surface area contributed by atoms with E-state index in [9.17, 15) is 4.79 Å². The van der Waals surface area contributed by atoms with Crippen LogP contribution in [0.5, 0.6) is 0 Å². The molecule has 0 fully saturated rings. The van der Waals surface area contributed by atoms with E-state index in [0.29, 0.717) is 0 Å². The third-order valence-corrected chi connectivity index (χ3v) is 2.02. The normalized spacial score (nSPS) is 10.4. The van der Waals surface area contributed by atoms with E-state index in [2.05, 4.69) is 4.98 Å². The van der Waals surface area contributed by atoms with Crippen LogP contribution in [0.2, 0.25) is 0 Å². The SMILES string of the molecule is O=c1[nH]ccn1-c1cccc(CO)c1. The summed E-state index contributed by atoms with van der Waals surface area (Å²) in [5.74, 6) is 0. The van der Waals surface area contributed by atoms with Crippen LogP contribution >= 0.6 is 0 Å². The number of nitrogens with one attached hydrogen (secondary N) is 1. The minimum atomic E-state index is -0.180.